The Balaban J connectivity index is 1.50. The lowest BCUT2D eigenvalue weighted by molar-refractivity contribution is 0.122. The van der Waals surface area contributed by atoms with Crippen LogP contribution in [0.4, 0.5) is 5.95 Å². The predicted molar refractivity (Wildman–Crippen MR) is 96.7 cm³/mol. The van der Waals surface area contributed by atoms with Gasteiger partial charge in [-0.2, -0.15) is 0 Å². The van der Waals surface area contributed by atoms with E-state index in [1.54, 1.807) is 0 Å². The van der Waals surface area contributed by atoms with Gasteiger partial charge >= 0.3 is 0 Å². The summed E-state index contributed by atoms with van der Waals surface area (Å²) in [5, 5.41) is 0. The molecule has 0 amide bonds. The Morgan fingerprint density at radius 2 is 1.92 bits per heavy atom. The van der Waals surface area contributed by atoms with E-state index in [0.29, 0.717) is 0 Å². The van der Waals surface area contributed by atoms with Crippen molar-refractivity contribution < 1.29 is 4.74 Å². The number of hydrogen-bond donors (Lipinski definition) is 0. The predicted octanol–water partition coefficient (Wildman–Crippen LogP) is 1.62. The third kappa shape index (κ3) is 3.80. The molecule has 2 aromatic rings. The first-order valence-electron chi connectivity index (χ1n) is 9.10. The topological polar surface area (TPSA) is 54.4 Å². The molecule has 4 heterocycles. The molecule has 0 N–H and O–H groups in total. The number of hydrogen-bond acceptors (Lipinski definition) is 6. The van der Waals surface area contributed by atoms with Gasteiger partial charge in [-0.3, -0.25) is 9.88 Å². The van der Waals surface area contributed by atoms with Crippen molar-refractivity contribution in [1.29, 1.82) is 0 Å². The van der Waals surface area contributed by atoms with Gasteiger partial charge in [-0.15, -0.1) is 0 Å². The molecule has 0 aromatic carbocycles. The van der Waals surface area contributed by atoms with Crippen LogP contribution in [0.15, 0.2) is 24.5 Å². The molecule has 1 saturated heterocycles. The highest BCUT2D eigenvalue weighted by Crippen LogP contribution is 2.21. The fraction of sp³-hybridized carbons (Fsp3) is 0.526. The second-order valence-corrected chi connectivity index (χ2v) is 6.77. The van der Waals surface area contributed by atoms with Crippen molar-refractivity contribution in [2.45, 2.75) is 26.3 Å². The minimum atomic E-state index is 0.762. The first-order valence-corrected chi connectivity index (χ1v) is 9.10. The molecule has 0 spiro atoms. The van der Waals surface area contributed by atoms with Crippen LogP contribution in [-0.4, -0.2) is 59.2 Å². The Kier molecular flexibility index (Phi) is 4.90. The number of rotatable bonds is 3. The lowest BCUT2D eigenvalue weighted by atomic mass is 10.1. The van der Waals surface area contributed by atoms with E-state index < -0.39 is 0 Å². The molecule has 0 saturated carbocycles. The van der Waals surface area contributed by atoms with E-state index in [4.69, 9.17) is 14.7 Å². The highest BCUT2D eigenvalue weighted by atomic mass is 16.5. The van der Waals surface area contributed by atoms with E-state index in [2.05, 4.69) is 27.8 Å². The summed E-state index contributed by atoms with van der Waals surface area (Å²) in [6.07, 6.45) is 5.79. The number of fused-ring (bicyclic) bond motifs is 1. The van der Waals surface area contributed by atoms with E-state index in [1.165, 1.54) is 16.8 Å². The monoisotopic (exact) mass is 339 g/mol. The number of morpholine rings is 1. The van der Waals surface area contributed by atoms with Crippen molar-refractivity contribution in [3.63, 3.8) is 0 Å². The fourth-order valence-electron chi connectivity index (χ4n) is 3.63. The number of ether oxygens (including phenoxy) is 1. The lowest BCUT2D eigenvalue weighted by Gasteiger charge is -2.27. The summed E-state index contributed by atoms with van der Waals surface area (Å²) in [5.74, 6) is 0.875. The molecule has 0 radical (unpaired) electrons. The molecule has 25 heavy (non-hydrogen) atoms. The smallest absolute Gasteiger partial charge is 0.225 e. The Bertz CT molecular complexity index is 715. The van der Waals surface area contributed by atoms with Crippen molar-refractivity contribution in [2.24, 2.45) is 0 Å². The zero-order chi connectivity index (χ0) is 17.1. The van der Waals surface area contributed by atoms with Crippen LogP contribution < -0.4 is 4.90 Å². The van der Waals surface area contributed by atoms with Crippen LogP contribution >= 0.6 is 0 Å². The van der Waals surface area contributed by atoms with Gasteiger partial charge in [0.1, 0.15) is 0 Å². The number of aromatic nitrogens is 3. The molecule has 4 rings (SSSR count). The third-order valence-corrected chi connectivity index (χ3v) is 5.05. The minimum Gasteiger partial charge on any atom is -0.378 e. The Morgan fingerprint density at radius 1 is 1.08 bits per heavy atom. The first-order chi connectivity index (χ1) is 12.3. The summed E-state index contributed by atoms with van der Waals surface area (Å²) in [4.78, 5) is 18.7. The van der Waals surface area contributed by atoms with Crippen LogP contribution in [0, 0.1) is 6.92 Å². The molecule has 0 atom stereocenters. The van der Waals surface area contributed by atoms with Gasteiger partial charge in [0, 0.05) is 57.2 Å². The molecule has 0 unspecified atom stereocenters. The van der Waals surface area contributed by atoms with E-state index in [-0.39, 0.29) is 0 Å². The van der Waals surface area contributed by atoms with Gasteiger partial charge < -0.3 is 9.64 Å². The van der Waals surface area contributed by atoms with Gasteiger partial charge in [0.15, 0.2) is 0 Å². The van der Waals surface area contributed by atoms with Crippen molar-refractivity contribution in [2.75, 3.05) is 44.3 Å². The maximum Gasteiger partial charge on any atom is 0.225 e. The summed E-state index contributed by atoms with van der Waals surface area (Å²) in [7, 11) is 0. The minimum absolute atomic E-state index is 0.762. The quantitative estimate of drug-likeness (QED) is 0.847. The van der Waals surface area contributed by atoms with Gasteiger partial charge in [-0.05, 0) is 30.5 Å². The molecule has 0 bridgehead atoms. The second kappa shape index (κ2) is 7.45. The average Bonchev–Trinajstić information content (AvgIpc) is 2.86. The Labute approximate surface area is 148 Å². The maximum atomic E-state index is 5.45. The SMILES string of the molecule is Cc1nc(N2CCOCC2)nc2c1CCN(Cc1cccnc1)CC2. The number of nitrogens with zero attached hydrogens (tertiary/aromatic N) is 5. The summed E-state index contributed by atoms with van der Waals surface area (Å²) < 4.78 is 5.45. The Morgan fingerprint density at radius 3 is 2.72 bits per heavy atom. The standard InChI is InChI=1S/C19H25N5O/c1-15-17-4-7-23(14-16-3-2-6-20-13-16)8-5-18(17)22-19(21-15)24-9-11-25-12-10-24/h2-3,6,13H,4-5,7-12,14H2,1H3. The van der Waals surface area contributed by atoms with Crippen LogP contribution in [0.5, 0.6) is 0 Å². The lowest BCUT2D eigenvalue weighted by Crippen LogP contribution is -2.37. The van der Waals surface area contributed by atoms with E-state index in [9.17, 15) is 0 Å². The van der Waals surface area contributed by atoms with Crippen molar-refractivity contribution >= 4 is 5.95 Å². The zero-order valence-electron chi connectivity index (χ0n) is 14.8. The summed E-state index contributed by atoms with van der Waals surface area (Å²) in [6.45, 7) is 8.43. The van der Waals surface area contributed by atoms with Crippen LogP contribution in [-0.2, 0) is 24.1 Å². The van der Waals surface area contributed by atoms with Gasteiger partial charge in [0.25, 0.3) is 0 Å². The first kappa shape index (κ1) is 16.4. The molecule has 2 aromatic heterocycles. The molecule has 2 aliphatic heterocycles. The molecule has 1 fully saturated rings. The van der Waals surface area contributed by atoms with Crippen molar-refractivity contribution in [1.82, 2.24) is 19.9 Å². The van der Waals surface area contributed by atoms with Crippen molar-refractivity contribution in [3.8, 4) is 0 Å². The molecular formula is C19H25N5O. The number of anilines is 1. The Hall–Kier alpha value is -2.05. The highest BCUT2D eigenvalue weighted by Gasteiger charge is 2.21. The number of aryl methyl sites for hydroxylation is 1. The molecule has 132 valence electrons. The van der Waals surface area contributed by atoms with Crippen LogP contribution in [0.25, 0.3) is 0 Å². The fourth-order valence-corrected chi connectivity index (χ4v) is 3.63. The summed E-state index contributed by atoms with van der Waals surface area (Å²) in [5.41, 5.74) is 4.97. The largest absolute Gasteiger partial charge is 0.378 e. The van der Waals surface area contributed by atoms with E-state index in [1.807, 2.05) is 18.5 Å². The van der Waals surface area contributed by atoms with Gasteiger partial charge in [0.05, 0.1) is 18.9 Å². The second-order valence-electron chi connectivity index (χ2n) is 6.77. The molecule has 2 aliphatic rings. The summed E-state index contributed by atoms with van der Waals surface area (Å²) >= 11 is 0. The van der Waals surface area contributed by atoms with Gasteiger partial charge in [-0.1, -0.05) is 6.07 Å². The molecule has 6 heteroatoms. The van der Waals surface area contributed by atoms with Gasteiger partial charge in [0.2, 0.25) is 5.95 Å². The highest BCUT2D eigenvalue weighted by molar-refractivity contribution is 5.38. The molecule has 0 aliphatic carbocycles. The van der Waals surface area contributed by atoms with Crippen LogP contribution in [0.3, 0.4) is 0 Å². The summed E-state index contributed by atoms with van der Waals surface area (Å²) in [6, 6.07) is 4.15. The third-order valence-electron chi connectivity index (χ3n) is 5.05. The molecule has 6 nitrogen and oxygen atoms in total. The average molecular weight is 339 g/mol. The van der Waals surface area contributed by atoms with E-state index in [0.717, 1.165) is 70.4 Å². The maximum absolute atomic E-state index is 5.45. The number of pyridine rings is 1. The molecular weight excluding hydrogens is 314 g/mol. The van der Waals surface area contributed by atoms with Crippen LogP contribution in [0.1, 0.15) is 22.5 Å². The van der Waals surface area contributed by atoms with Crippen molar-refractivity contribution in [3.05, 3.63) is 47.0 Å². The van der Waals surface area contributed by atoms with Crippen LogP contribution in [0.2, 0.25) is 0 Å². The van der Waals surface area contributed by atoms with E-state index >= 15 is 0 Å². The normalized spacial score (nSPS) is 18.7. The van der Waals surface area contributed by atoms with Gasteiger partial charge in [-0.25, -0.2) is 9.97 Å². The zero-order valence-corrected chi connectivity index (χ0v) is 14.8.